The lowest BCUT2D eigenvalue weighted by molar-refractivity contribution is 0.375. The van der Waals surface area contributed by atoms with Gasteiger partial charge in [0.25, 0.3) is 0 Å². The van der Waals surface area contributed by atoms with Gasteiger partial charge in [-0.15, -0.1) is 0 Å². The number of unbranched alkanes of at least 4 members (excludes halogenated alkanes) is 1. The third-order valence-electron chi connectivity index (χ3n) is 4.18. The molecule has 0 fully saturated rings. The third-order valence-corrected chi connectivity index (χ3v) is 4.18. The van der Waals surface area contributed by atoms with E-state index in [1.807, 2.05) is 0 Å². The van der Waals surface area contributed by atoms with Crippen molar-refractivity contribution in [1.29, 1.82) is 0 Å². The van der Waals surface area contributed by atoms with E-state index in [1.54, 1.807) is 0 Å². The fourth-order valence-corrected chi connectivity index (χ4v) is 2.07. The Bertz CT molecular complexity index is 339. The largest absolute Gasteiger partial charge is 0.310 e. The molecule has 0 spiro atoms. The molecule has 0 heterocycles. The van der Waals surface area contributed by atoms with Crippen LogP contribution in [-0.4, -0.2) is 6.54 Å². The minimum Gasteiger partial charge on any atom is -0.310 e. The van der Waals surface area contributed by atoms with Crippen LogP contribution in [-0.2, 0) is 6.42 Å². The second-order valence-corrected chi connectivity index (χ2v) is 6.20. The van der Waals surface area contributed by atoms with Gasteiger partial charge in [0, 0.05) is 6.04 Å². The Kier molecular flexibility index (Phi) is 7.15. The van der Waals surface area contributed by atoms with Gasteiger partial charge in [-0.25, -0.2) is 0 Å². The molecule has 0 aromatic heterocycles. The first-order valence-electron chi connectivity index (χ1n) is 7.86. The van der Waals surface area contributed by atoms with Gasteiger partial charge in [0.2, 0.25) is 0 Å². The average molecular weight is 261 g/mol. The van der Waals surface area contributed by atoms with Crippen molar-refractivity contribution in [3.8, 4) is 0 Å². The fraction of sp³-hybridized carbons (Fsp3) is 0.667. The number of benzene rings is 1. The quantitative estimate of drug-likeness (QED) is 0.696. The van der Waals surface area contributed by atoms with Crippen LogP contribution < -0.4 is 5.32 Å². The molecule has 0 aliphatic carbocycles. The van der Waals surface area contributed by atoms with E-state index in [0.717, 1.165) is 18.4 Å². The molecule has 1 aromatic rings. The SMILES string of the molecule is CCCCc1ccc(C(C)NCC(C)C(C)C)cc1. The lowest BCUT2D eigenvalue weighted by Crippen LogP contribution is -2.26. The van der Waals surface area contributed by atoms with Crippen molar-refractivity contribution in [2.45, 2.75) is 59.9 Å². The molecule has 0 radical (unpaired) electrons. The molecule has 0 aliphatic rings. The topological polar surface area (TPSA) is 12.0 Å². The molecule has 0 amide bonds. The van der Waals surface area contributed by atoms with Crippen LogP contribution in [0, 0.1) is 11.8 Å². The van der Waals surface area contributed by atoms with Crippen molar-refractivity contribution in [1.82, 2.24) is 5.32 Å². The van der Waals surface area contributed by atoms with Gasteiger partial charge in [0.15, 0.2) is 0 Å². The maximum Gasteiger partial charge on any atom is 0.0291 e. The Hall–Kier alpha value is -0.820. The van der Waals surface area contributed by atoms with Crippen molar-refractivity contribution in [3.05, 3.63) is 35.4 Å². The number of aryl methyl sites for hydroxylation is 1. The Balaban J connectivity index is 2.46. The first kappa shape index (κ1) is 16.2. The van der Waals surface area contributed by atoms with E-state index in [1.165, 1.54) is 30.4 Å². The highest BCUT2D eigenvalue weighted by atomic mass is 14.9. The lowest BCUT2D eigenvalue weighted by Gasteiger charge is -2.20. The van der Waals surface area contributed by atoms with Crippen LogP contribution in [0.5, 0.6) is 0 Å². The number of hydrogen-bond acceptors (Lipinski definition) is 1. The summed E-state index contributed by atoms with van der Waals surface area (Å²) in [6.07, 6.45) is 3.77. The van der Waals surface area contributed by atoms with E-state index in [2.05, 4.69) is 64.2 Å². The monoisotopic (exact) mass is 261 g/mol. The summed E-state index contributed by atoms with van der Waals surface area (Å²) in [5, 5.41) is 3.64. The Labute approximate surface area is 119 Å². The minimum atomic E-state index is 0.446. The summed E-state index contributed by atoms with van der Waals surface area (Å²) in [5.74, 6) is 1.47. The number of hydrogen-bond donors (Lipinski definition) is 1. The summed E-state index contributed by atoms with van der Waals surface area (Å²) in [7, 11) is 0. The van der Waals surface area contributed by atoms with Crippen LogP contribution in [0.4, 0.5) is 0 Å². The molecular weight excluding hydrogens is 230 g/mol. The summed E-state index contributed by atoms with van der Waals surface area (Å²) in [6.45, 7) is 12.5. The predicted octanol–water partition coefficient (Wildman–Crippen LogP) is 4.97. The molecule has 1 nitrogen and oxygen atoms in total. The predicted molar refractivity (Wildman–Crippen MR) is 85.5 cm³/mol. The van der Waals surface area contributed by atoms with Crippen LogP contribution >= 0.6 is 0 Å². The highest BCUT2D eigenvalue weighted by molar-refractivity contribution is 5.24. The van der Waals surface area contributed by atoms with Gasteiger partial charge < -0.3 is 5.32 Å². The lowest BCUT2D eigenvalue weighted by atomic mass is 9.97. The highest BCUT2D eigenvalue weighted by Gasteiger charge is 2.10. The molecular formula is C18H31N. The first-order valence-corrected chi connectivity index (χ1v) is 7.86. The van der Waals surface area contributed by atoms with E-state index in [9.17, 15) is 0 Å². The van der Waals surface area contributed by atoms with Crippen LogP contribution in [0.15, 0.2) is 24.3 Å². The summed E-state index contributed by atoms with van der Waals surface area (Å²) in [4.78, 5) is 0. The molecule has 1 N–H and O–H groups in total. The van der Waals surface area contributed by atoms with E-state index >= 15 is 0 Å². The Morgan fingerprint density at radius 3 is 2.16 bits per heavy atom. The summed E-state index contributed by atoms with van der Waals surface area (Å²) in [5.41, 5.74) is 2.87. The van der Waals surface area contributed by atoms with E-state index in [4.69, 9.17) is 0 Å². The molecule has 1 rings (SSSR count). The zero-order valence-electron chi connectivity index (χ0n) is 13.4. The molecule has 0 bridgehead atoms. The Morgan fingerprint density at radius 1 is 1.00 bits per heavy atom. The van der Waals surface area contributed by atoms with Crippen molar-refractivity contribution in [2.24, 2.45) is 11.8 Å². The summed E-state index contributed by atoms with van der Waals surface area (Å²) in [6, 6.07) is 9.58. The second-order valence-electron chi connectivity index (χ2n) is 6.20. The van der Waals surface area contributed by atoms with Crippen LogP contribution in [0.2, 0.25) is 0 Å². The molecule has 1 aromatic carbocycles. The standard InChI is InChI=1S/C18H31N/c1-6-7-8-17-9-11-18(12-10-17)16(5)19-13-15(4)14(2)3/h9-12,14-16,19H,6-8,13H2,1-5H3. The molecule has 2 atom stereocenters. The van der Waals surface area contributed by atoms with Gasteiger partial charge in [-0.2, -0.15) is 0 Å². The van der Waals surface area contributed by atoms with Gasteiger partial charge in [-0.05, 0) is 49.3 Å². The van der Waals surface area contributed by atoms with Gasteiger partial charge in [-0.1, -0.05) is 58.4 Å². The highest BCUT2D eigenvalue weighted by Crippen LogP contribution is 2.16. The molecule has 2 unspecified atom stereocenters. The molecule has 19 heavy (non-hydrogen) atoms. The van der Waals surface area contributed by atoms with Crippen LogP contribution in [0.3, 0.4) is 0 Å². The van der Waals surface area contributed by atoms with Crippen LogP contribution in [0.25, 0.3) is 0 Å². The van der Waals surface area contributed by atoms with Gasteiger partial charge >= 0.3 is 0 Å². The van der Waals surface area contributed by atoms with Gasteiger partial charge in [0.1, 0.15) is 0 Å². The number of rotatable bonds is 8. The summed E-state index contributed by atoms with van der Waals surface area (Å²) < 4.78 is 0. The Morgan fingerprint density at radius 2 is 1.63 bits per heavy atom. The second kappa shape index (κ2) is 8.37. The molecule has 0 saturated carbocycles. The van der Waals surface area contributed by atoms with E-state index in [-0.39, 0.29) is 0 Å². The smallest absolute Gasteiger partial charge is 0.0291 e. The van der Waals surface area contributed by atoms with Crippen molar-refractivity contribution >= 4 is 0 Å². The average Bonchev–Trinajstić information content (AvgIpc) is 2.42. The van der Waals surface area contributed by atoms with E-state index < -0.39 is 0 Å². The number of nitrogens with one attached hydrogen (secondary N) is 1. The molecule has 1 heteroatoms. The third kappa shape index (κ3) is 5.78. The normalized spacial score (nSPS) is 14.6. The van der Waals surface area contributed by atoms with E-state index in [0.29, 0.717) is 6.04 Å². The zero-order valence-corrected chi connectivity index (χ0v) is 13.4. The molecule has 0 saturated heterocycles. The summed E-state index contributed by atoms with van der Waals surface area (Å²) >= 11 is 0. The van der Waals surface area contributed by atoms with Crippen molar-refractivity contribution in [2.75, 3.05) is 6.54 Å². The zero-order chi connectivity index (χ0) is 14.3. The van der Waals surface area contributed by atoms with Crippen LogP contribution in [0.1, 0.15) is 64.6 Å². The fourth-order valence-electron chi connectivity index (χ4n) is 2.07. The minimum absolute atomic E-state index is 0.446. The van der Waals surface area contributed by atoms with Gasteiger partial charge in [0.05, 0.1) is 0 Å². The maximum atomic E-state index is 3.64. The molecule has 108 valence electrons. The van der Waals surface area contributed by atoms with Crippen molar-refractivity contribution < 1.29 is 0 Å². The van der Waals surface area contributed by atoms with Gasteiger partial charge in [-0.3, -0.25) is 0 Å². The first-order chi connectivity index (χ1) is 9.04. The molecule has 0 aliphatic heterocycles. The van der Waals surface area contributed by atoms with Crippen molar-refractivity contribution in [3.63, 3.8) is 0 Å². The maximum absolute atomic E-state index is 3.64.